The zero-order chi connectivity index (χ0) is 13.4. The summed E-state index contributed by atoms with van der Waals surface area (Å²) in [4.78, 5) is 25.0. The molecule has 0 unspecified atom stereocenters. The zero-order valence-electron chi connectivity index (χ0n) is 11.2. The van der Waals surface area contributed by atoms with E-state index < -0.39 is 11.8 Å². The average Bonchev–Trinajstić information content (AvgIpc) is 2.38. The number of aliphatic hydroxyl groups is 1. The van der Waals surface area contributed by atoms with Crippen LogP contribution in [0, 0.1) is 5.92 Å². The van der Waals surface area contributed by atoms with Crippen LogP contribution in [0.2, 0.25) is 0 Å². The van der Waals surface area contributed by atoms with Crippen molar-refractivity contribution in [1.82, 2.24) is 10.2 Å². The number of hydrogen-bond acceptors (Lipinski definition) is 3. The number of carbonyl (C=O) groups is 2. The molecule has 0 aromatic rings. The van der Waals surface area contributed by atoms with Crippen molar-refractivity contribution >= 4 is 11.8 Å². The number of piperidine rings is 1. The summed E-state index contributed by atoms with van der Waals surface area (Å²) < 4.78 is 0. The standard InChI is InChI=1S/C13H24N2O3/c1-11-5-8-15(9-6-11)13(18)12(17)14-7-3-2-4-10-16/h11,16H,2-10H2,1H3,(H,14,17). The van der Waals surface area contributed by atoms with Gasteiger partial charge in [-0.25, -0.2) is 0 Å². The molecule has 18 heavy (non-hydrogen) atoms. The Balaban J connectivity index is 2.18. The van der Waals surface area contributed by atoms with Gasteiger partial charge >= 0.3 is 11.8 Å². The molecule has 2 N–H and O–H groups in total. The Kier molecular flexibility index (Phi) is 6.72. The van der Waals surface area contributed by atoms with Gasteiger partial charge in [0.05, 0.1) is 0 Å². The van der Waals surface area contributed by atoms with E-state index >= 15 is 0 Å². The molecule has 2 amide bonds. The number of rotatable bonds is 5. The molecule has 5 nitrogen and oxygen atoms in total. The summed E-state index contributed by atoms with van der Waals surface area (Å²) in [6, 6.07) is 0. The lowest BCUT2D eigenvalue weighted by molar-refractivity contribution is -0.146. The molecule has 5 heteroatoms. The van der Waals surface area contributed by atoms with Crippen LogP contribution in [0.3, 0.4) is 0 Å². The first-order chi connectivity index (χ1) is 8.65. The summed E-state index contributed by atoms with van der Waals surface area (Å²) in [7, 11) is 0. The van der Waals surface area contributed by atoms with Crippen LogP contribution in [0.5, 0.6) is 0 Å². The van der Waals surface area contributed by atoms with Gasteiger partial charge in [0.15, 0.2) is 0 Å². The largest absolute Gasteiger partial charge is 0.396 e. The normalized spacial score (nSPS) is 16.7. The maximum absolute atomic E-state index is 11.8. The maximum atomic E-state index is 11.8. The second-order valence-electron chi connectivity index (χ2n) is 5.01. The predicted octanol–water partition coefficient (Wildman–Crippen LogP) is 0.524. The fourth-order valence-electron chi connectivity index (χ4n) is 2.05. The molecule has 0 radical (unpaired) electrons. The zero-order valence-corrected chi connectivity index (χ0v) is 11.2. The minimum Gasteiger partial charge on any atom is -0.396 e. The van der Waals surface area contributed by atoms with E-state index in [1.165, 1.54) is 0 Å². The molecule has 0 aliphatic carbocycles. The van der Waals surface area contributed by atoms with E-state index in [-0.39, 0.29) is 6.61 Å². The Bertz CT molecular complexity index is 273. The molecular weight excluding hydrogens is 232 g/mol. The summed E-state index contributed by atoms with van der Waals surface area (Å²) in [5.74, 6) is -0.242. The summed E-state index contributed by atoms with van der Waals surface area (Å²) >= 11 is 0. The van der Waals surface area contributed by atoms with Crippen LogP contribution in [-0.4, -0.2) is 48.1 Å². The molecule has 1 fully saturated rings. The van der Waals surface area contributed by atoms with Gasteiger partial charge in [-0.2, -0.15) is 0 Å². The van der Waals surface area contributed by atoms with Gasteiger partial charge in [0.25, 0.3) is 0 Å². The minimum atomic E-state index is -0.492. The summed E-state index contributed by atoms with van der Waals surface area (Å²) in [5, 5.41) is 11.2. The van der Waals surface area contributed by atoms with E-state index in [0.29, 0.717) is 25.6 Å². The van der Waals surface area contributed by atoms with Gasteiger partial charge in [-0.3, -0.25) is 9.59 Å². The molecule has 104 valence electrons. The van der Waals surface area contributed by atoms with E-state index in [4.69, 9.17) is 5.11 Å². The van der Waals surface area contributed by atoms with Gasteiger partial charge in [-0.1, -0.05) is 6.92 Å². The van der Waals surface area contributed by atoms with Crippen LogP contribution in [0.15, 0.2) is 0 Å². The Hall–Kier alpha value is -1.10. The Morgan fingerprint density at radius 3 is 2.50 bits per heavy atom. The number of nitrogens with zero attached hydrogens (tertiary/aromatic N) is 1. The average molecular weight is 256 g/mol. The van der Waals surface area contributed by atoms with Gasteiger partial charge in [-0.05, 0) is 38.0 Å². The van der Waals surface area contributed by atoms with Crippen molar-refractivity contribution in [3.63, 3.8) is 0 Å². The molecule has 0 aromatic heterocycles. The number of amides is 2. The van der Waals surface area contributed by atoms with E-state index in [2.05, 4.69) is 12.2 Å². The van der Waals surface area contributed by atoms with E-state index in [1.54, 1.807) is 4.90 Å². The molecule has 0 aromatic carbocycles. The third-order valence-corrected chi connectivity index (χ3v) is 3.39. The number of hydrogen-bond donors (Lipinski definition) is 2. The number of likely N-dealkylation sites (tertiary alicyclic amines) is 1. The highest BCUT2D eigenvalue weighted by atomic mass is 16.3. The van der Waals surface area contributed by atoms with Crippen molar-refractivity contribution in [3.8, 4) is 0 Å². The third kappa shape index (κ3) is 5.04. The van der Waals surface area contributed by atoms with Crippen molar-refractivity contribution in [2.75, 3.05) is 26.2 Å². The van der Waals surface area contributed by atoms with Crippen LogP contribution < -0.4 is 5.32 Å². The molecule has 0 spiro atoms. The first-order valence-electron chi connectivity index (χ1n) is 6.83. The summed E-state index contributed by atoms with van der Waals surface area (Å²) in [5.41, 5.74) is 0. The Morgan fingerprint density at radius 2 is 1.89 bits per heavy atom. The quantitative estimate of drug-likeness (QED) is 0.556. The first kappa shape index (κ1) is 15.0. The van der Waals surface area contributed by atoms with Crippen LogP contribution >= 0.6 is 0 Å². The Labute approximate surface area is 109 Å². The molecule has 1 saturated heterocycles. The fourth-order valence-corrected chi connectivity index (χ4v) is 2.05. The number of unbranched alkanes of at least 4 members (excludes halogenated alkanes) is 2. The lowest BCUT2D eigenvalue weighted by Crippen LogP contribution is -2.46. The molecular formula is C13H24N2O3. The van der Waals surface area contributed by atoms with Crippen molar-refractivity contribution in [1.29, 1.82) is 0 Å². The number of aliphatic hydroxyl groups excluding tert-OH is 1. The van der Waals surface area contributed by atoms with Gasteiger partial charge in [0.2, 0.25) is 0 Å². The van der Waals surface area contributed by atoms with E-state index in [0.717, 1.165) is 32.1 Å². The van der Waals surface area contributed by atoms with Gasteiger partial charge in [0.1, 0.15) is 0 Å². The SMILES string of the molecule is CC1CCN(C(=O)C(=O)NCCCCCO)CC1. The topological polar surface area (TPSA) is 69.6 Å². The molecule has 0 bridgehead atoms. The van der Waals surface area contributed by atoms with Gasteiger partial charge in [0, 0.05) is 26.2 Å². The molecule has 1 aliphatic rings. The summed E-state index contributed by atoms with van der Waals surface area (Å²) in [6.07, 6.45) is 4.38. The first-order valence-corrected chi connectivity index (χ1v) is 6.83. The van der Waals surface area contributed by atoms with Crippen LogP contribution in [0.1, 0.15) is 39.0 Å². The highest BCUT2D eigenvalue weighted by molar-refractivity contribution is 6.35. The molecule has 1 heterocycles. The molecule has 0 atom stereocenters. The van der Waals surface area contributed by atoms with Crippen molar-refractivity contribution in [3.05, 3.63) is 0 Å². The predicted molar refractivity (Wildman–Crippen MR) is 68.9 cm³/mol. The van der Waals surface area contributed by atoms with Gasteiger partial charge in [-0.15, -0.1) is 0 Å². The Morgan fingerprint density at radius 1 is 1.22 bits per heavy atom. The molecule has 1 rings (SSSR count). The second kappa shape index (κ2) is 8.08. The second-order valence-corrected chi connectivity index (χ2v) is 5.01. The van der Waals surface area contributed by atoms with Crippen LogP contribution in [0.4, 0.5) is 0 Å². The smallest absolute Gasteiger partial charge is 0.311 e. The number of nitrogens with one attached hydrogen (secondary N) is 1. The molecule has 0 saturated carbocycles. The monoisotopic (exact) mass is 256 g/mol. The van der Waals surface area contributed by atoms with Crippen LogP contribution in [0.25, 0.3) is 0 Å². The highest BCUT2D eigenvalue weighted by Gasteiger charge is 2.24. The summed E-state index contributed by atoms with van der Waals surface area (Å²) in [6.45, 7) is 4.24. The van der Waals surface area contributed by atoms with Crippen LogP contribution in [-0.2, 0) is 9.59 Å². The maximum Gasteiger partial charge on any atom is 0.311 e. The van der Waals surface area contributed by atoms with Crippen molar-refractivity contribution < 1.29 is 14.7 Å². The third-order valence-electron chi connectivity index (χ3n) is 3.39. The van der Waals surface area contributed by atoms with Crippen molar-refractivity contribution in [2.45, 2.75) is 39.0 Å². The lowest BCUT2D eigenvalue weighted by atomic mass is 9.99. The van der Waals surface area contributed by atoms with E-state index in [9.17, 15) is 9.59 Å². The highest BCUT2D eigenvalue weighted by Crippen LogP contribution is 2.15. The minimum absolute atomic E-state index is 0.179. The van der Waals surface area contributed by atoms with E-state index in [1.807, 2.05) is 0 Å². The lowest BCUT2D eigenvalue weighted by Gasteiger charge is -2.29. The van der Waals surface area contributed by atoms with Crippen molar-refractivity contribution in [2.24, 2.45) is 5.92 Å². The van der Waals surface area contributed by atoms with Gasteiger partial charge < -0.3 is 15.3 Å². The fraction of sp³-hybridized carbons (Fsp3) is 0.846. The molecule has 1 aliphatic heterocycles. The number of carbonyl (C=O) groups excluding carboxylic acids is 2.